The predicted molar refractivity (Wildman–Crippen MR) is 114 cm³/mol. The van der Waals surface area contributed by atoms with Crippen LogP contribution in [0.5, 0.6) is 11.5 Å². The fraction of sp³-hybridized carbons (Fsp3) is 0.200. The van der Waals surface area contributed by atoms with Crippen LogP contribution in [0.15, 0.2) is 47.1 Å². The van der Waals surface area contributed by atoms with E-state index in [1.54, 1.807) is 18.2 Å². The van der Waals surface area contributed by atoms with Gasteiger partial charge in [-0.2, -0.15) is 0 Å². The third kappa shape index (κ3) is 4.62. The van der Waals surface area contributed by atoms with E-state index < -0.39 is 5.97 Å². The number of nitrogens with zero attached hydrogens (tertiary/aromatic N) is 1. The van der Waals surface area contributed by atoms with Gasteiger partial charge < -0.3 is 14.2 Å². The molecule has 2 aromatic rings. The molecule has 1 aliphatic rings. The Hall–Kier alpha value is -2.06. The molecule has 7 heteroatoms. The van der Waals surface area contributed by atoms with Crippen LogP contribution < -0.4 is 9.47 Å². The van der Waals surface area contributed by atoms with Crippen LogP contribution in [-0.4, -0.2) is 25.1 Å². The van der Waals surface area contributed by atoms with Crippen molar-refractivity contribution in [2.75, 3.05) is 13.2 Å². The molecule has 0 amide bonds. The molecule has 1 heterocycles. The molecule has 3 rings (SSSR count). The van der Waals surface area contributed by atoms with Gasteiger partial charge in [-0.1, -0.05) is 17.7 Å². The lowest BCUT2D eigenvalue weighted by atomic mass is 10.1. The number of hydrogen-bond acceptors (Lipinski definition) is 5. The van der Waals surface area contributed by atoms with E-state index in [2.05, 4.69) is 27.6 Å². The Morgan fingerprint density at radius 1 is 1.11 bits per heavy atom. The number of hydrogen-bond donors (Lipinski definition) is 0. The molecule has 0 saturated carbocycles. The van der Waals surface area contributed by atoms with Gasteiger partial charge in [0.15, 0.2) is 17.2 Å². The molecule has 0 saturated heterocycles. The van der Waals surface area contributed by atoms with Gasteiger partial charge in [-0.15, -0.1) is 0 Å². The van der Waals surface area contributed by atoms with Crippen LogP contribution in [0.25, 0.3) is 6.08 Å². The largest absolute Gasteiger partial charge is 0.490 e. The van der Waals surface area contributed by atoms with Crippen molar-refractivity contribution in [2.45, 2.75) is 13.8 Å². The number of benzene rings is 2. The molecular formula is C20H17ClINO4. The van der Waals surface area contributed by atoms with E-state index in [0.29, 0.717) is 35.3 Å². The molecule has 0 bridgehead atoms. The van der Waals surface area contributed by atoms with E-state index >= 15 is 0 Å². The Kier molecular flexibility index (Phi) is 6.38. The Morgan fingerprint density at radius 2 is 1.85 bits per heavy atom. The summed E-state index contributed by atoms with van der Waals surface area (Å²) in [6.45, 7) is 4.86. The lowest BCUT2D eigenvalue weighted by molar-refractivity contribution is -0.129. The smallest absolute Gasteiger partial charge is 0.363 e. The first kappa shape index (κ1) is 19.7. The highest BCUT2D eigenvalue weighted by Crippen LogP contribution is 2.30. The second-order valence-electron chi connectivity index (χ2n) is 5.53. The number of carbonyl (C=O) groups is 1. The molecule has 0 unspecified atom stereocenters. The zero-order valence-corrected chi connectivity index (χ0v) is 17.7. The first-order chi connectivity index (χ1) is 13.0. The van der Waals surface area contributed by atoms with Crippen molar-refractivity contribution in [2.24, 2.45) is 4.99 Å². The number of esters is 1. The van der Waals surface area contributed by atoms with Crippen molar-refractivity contribution in [1.82, 2.24) is 0 Å². The second-order valence-corrected chi connectivity index (χ2v) is 7.19. The van der Waals surface area contributed by atoms with Crippen LogP contribution in [0.1, 0.15) is 25.0 Å². The highest BCUT2D eigenvalue weighted by molar-refractivity contribution is 14.1. The number of ether oxygens (including phenoxy) is 3. The second kappa shape index (κ2) is 8.75. The molecule has 2 aromatic carbocycles. The van der Waals surface area contributed by atoms with Gasteiger partial charge in [-0.25, -0.2) is 9.79 Å². The Morgan fingerprint density at radius 3 is 2.59 bits per heavy atom. The quantitative estimate of drug-likeness (QED) is 0.317. The fourth-order valence-corrected chi connectivity index (χ4v) is 3.19. The number of aliphatic imine (C=N–C) groups is 1. The standard InChI is InChI=1S/C20H17ClINO4/c1-3-25-17-8-5-12(10-18(17)26-4-2)9-16-20(24)27-19(23-16)14-11-13(22)6-7-15(14)21/h5-11H,3-4H2,1-2H3. The van der Waals surface area contributed by atoms with Gasteiger partial charge in [-0.3, -0.25) is 0 Å². The van der Waals surface area contributed by atoms with Gasteiger partial charge >= 0.3 is 5.97 Å². The average Bonchev–Trinajstić information content (AvgIpc) is 3.00. The van der Waals surface area contributed by atoms with Crippen molar-refractivity contribution < 1.29 is 19.0 Å². The number of rotatable bonds is 6. The third-order valence-electron chi connectivity index (χ3n) is 3.65. The van der Waals surface area contributed by atoms with Crippen molar-refractivity contribution in [3.63, 3.8) is 0 Å². The summed E-state index contributed by atoms with van der Waals surface area (Å²) in [6, 6.07) is 10.9. The maximum atomic E-state index is 12.2. The van der Waals surface area contributed by atoms with Crippen molar-refractivity contribution in [3.8, 4) is 11.5 Å². The molecule has 1 aliphatic heterocycles. The summed E-state index contributed by atoms with van der Waals surface area (Å²) in [7, 11) is 0. The molecule has 0 atom stereocenters. The van der Waals surface area contributed by atoms with Crippen molar-refractivity contribution in [1.29, 1.82) is 0 Å². The Balaban J connectivity index is 1.94. The van der Waals surface area contributed by atoms with Gasteiger partial charge in [0, 0.05) is 3.57 Å². The maximum Gasteiger partial charge on any atom is 0.363 e. The van der Waals surface area contributed by atoms with E-state index in [1.807, 2.05) is 38.1 Å². The monoisotopic (exact) mass is 497 g/mol. The van der Waals surface area contributed by atoms with E-state index in [9.17, 15) is 4.79 Å². The molecule has 27 heavy (non-hydrogen) atoms. The summed E-state index contributed by atoms with van der Waals surface area (Å²) in [5.41, 5.74) is 1.54. The molecule has 0 fully saturated rings. The number of cyclic esters (lactones) is 1. The average molecular weight is 498 g/mol. The zero-order chi connectivity index (χ0) is 19.4. The van der Waals surface area contributed by atoms with Crippen molar-refractivity contribution >= 4 is 52.1 Å². The lowest BCUT2D eigenvalue weighted by Gasteiger charge is -2.11. The van der Waals surface area contributed by atoms with E-state index in [-0.39, 0.29) is 11.6 Å². The van der Waals surface area contributed by atoms with E-state index in [4.69, 9.17) is 25.8 Å². The fourth-order valence-electron chi connectivity index (χ4n) is 2.50. The summed E-state index contributed by atoms with van der Waals surface area (Å²) >= 11 is 8.37. The molecule has 140 valence electrons. The minimum Gasteiger partial charge on any atom is -0.490 e. The summed E-state index contributed by atoms with van der Waals surface area (Å²) in [6.07, 6.45) is 1.65. The Bertz CT molecular complexity index is 940. The molecule has 0 aromatic heterocycles. The minimum absolute atomic E-state index is 0.200. The maximum absolute atomic E-state index is 12.2. The third-order valence-corrected chi connectivity index (χ3v) is 4.65. The molecule has 0 aliphatic carbocycles. The molecule has 0 spiro atoms. The van der Waals surface area contributed by atoms with Crippen LogP contribution in [0, 0.1) is 3.57 Å². The summed E-state index contributed by atoms with van der Waals surface area (Å²) in [5, 5.41) is 0.475. The predicted octanol–water partition coefficient (Wildman–Crippen LogP) is 5.09. The number of halogens is 2. The van der Waals surface area contributed by atoms with E-state index in [1.165, 1.54) is 0 Å². The van der Waals surface area contributed by atoms with Crippen LogP contribution in [-0.2, 0) is 9.53 Å². The van der Waals surface area contributed by atoms with Crippen LogP contribution in [0.3, 0.4) is 0 Å². The Labute approximate surface area is 176 Å². The van der Waals surface area contributed by atoms with Gasteiger partial charge in [0.2, 0.25) is 5.90 Å². The number of carbonyl (C=O) groups excluding carboxylic acids is 1. The minimum atomic E-state index is -0.522. The summed E-state index contributed by atoms with van der Waals surface area (Å²) < 4.78 is 17.4. The first-order valence-corrected chi connectivity index (χ1v) is 9.85. The highest BCUT2D eigenvalue weighted by Gasteiger charge is 2.26. The molecular weight excluding hydrogens is 481 g/mol. The van der Waals surface area contributed by atoms with Gasteiger partial charge in [0.05, 0.1) is 23.8 Å². The topological polar surface area (TPSA) is 57.1 Å². The van der Waals surface area contributed by atoms with Crippen LogP contribution in [0.4, 0.5) is 0 Å². The zero-order valence-electron chi connectivity index (χ0n) is 14.8. The molecule has 0 N–H and O–H groups in total. The van der Waals surface area contributed by atoms with Crippen LogP contribution in [0.2, 0.25) is 5.02 Å². The molecule has 5 nitrogen and oxygen atoms in total. The van der Waals surface area contributed by atoms with E-state index in [0.717, 1.165) is 9.13 Å². The first-order valence-electron chi connectivity index (χ1n) is 8.39. The normalized spacial score (nSPS) is 14.9. The van der Waals surface area contributed by atoms with Gasteiger partial charge in [0.1, 0.15) is 0 Å². The SMILES string of the molecule is CCOc1ccc(C=C2N=C(c3cc(I)ccc3Cl)OC2=O)cc1OCC. The van der Waals surface area contributed by atoms with Crippen molar-refractivity contribution in [3.05, 3.63) is 61.8 Å². The lowest BCUT2D eigenvalue weighted by Crippen LogP contribution is -2.06. The van der Waals surface area contributed by atoms with Gasteiger partial charge in [-0.05, 0) is 78.4 Å². The highest BCUT2D eigenvalue weighted by atomic mass is 127. The summed E-state index contributed by atoms with van der Waals surface area (Å²) in [5.74, 6) is 0.952. The molecule has 0 radical (unpaired) electrons. The summed E-state index contributed by atoms with van der Waals surface area (Å²) in [4.78, 5) is 16.5. The van der Waals surface area contributed by atoms with Crippen LogP contribution >= 0.6 is 34.2 Å². The van der Waals surface area contributed by atoms with Gasteiger partial charge in [0.25, 0.3) is 0 Å².